The number of ether oxygens (including phenoxy) is 2. The number of anilines is 1. The summed E-state index contributed by atoms with van der Waals surface area (Å²) in [5.41, 5.74) is 1.57. The Hall–Kier alpha value is -3.02. The molecule has 0 saturated heterocycles. The largest absolute Gasteiger partial charge is 0.493 e. The second-order valence-corrected chi connectivity index (χ2v) is 5.34. The van der Waals surface area contributed by atoms with Crippen molar-refractivity contribution in [2.45, 2.75) is 12.8 Å². The molecule has 0 saturated carbocycles. The first-order valence-electron chi connectivity index (χ1n) is 7.97. The van der Waals surface area contributed by atoms with E-state index >= 15 is 0 Å². The van der Waals surface area contributed by atoms with E-state index in [0.717, 1.165) is 5.56 Å². The topological polar surface area (TPSA) is 76.7 Å². The minimum Gasteiger partial charge on any atom is -0.493 e. The van der Waals surface area contributed by atoms with E-state index < -0.39 is 0 Å². The number of carbonyl (C=O) groups is 2. The lowest BCUT2D eigenvalue weighted by Crippen LogP contribution is -2.20. The van der Waals surface area contributed by atoms with Crippen LogP contribution in [-0.4, -0.2) is 32.6 Å². The van der Waals surface area contributed by atoms with E-state index in [1.807, 2.05) is 24.3 Å². The quantitative estimate of drug-likeness (QED) is 0.772. The number of para-hydroxylation sites is 2. The van der Waals surface area contributed by atoms with Crippen LogP contribution in [0.1, 0.15) is 12.0 Å². The number of amides is 2. The Kier molecular flexibility index (Phi) is 6.83. The molecule has 0 aromatic heterocycles. The molecule has 2 rings (SSSR count). The van der Waals surface area contributed by atoms with Gasteiger partial charge in [-0.2, -0.15) is 0 Å². The zero-order valence-electron chi connectivity index (χ0n) is 14.4. The van der Waals surface area contributed by atoms with E-state index in [1.165, 1.54) is 0 Å². The molecule has 2 amide bonds. The van der Waals surface area contributed by atoms with Crippen molar-refractivity contribution in [3.8, 4) is 11.5 Å². The Morgan fingerprint density at radius 2 is 1.64 bits per heavy atom. The number of benzene rings is 2. The van der Waals surface area contributed by atoms with Crippen molar-refractivity contribution in [1.82, 2.24) is 5.32 Å². The maximum atomic E-state index is 12.0. The zero-order valence-corrected chi connectivity index (χ0v) is 14.4. The molecule has 25 heavy (non-hydrogen) atoms. The van der Waals surface area contributed by atoms with Gasteiger partial charge in [0.1, 0.15) is 0 Å². The summed E-state index contributed by atoms with van der Waals surface area (Å²) in [6, 6.07) is 14.5. The molecular weight excluding hydrogens is 320 g/mol. The molecule has 0 unspecified atom stereocenters. The maximum Gasteiger partial charge on any atom is 0.227 e. The fraction of sp³-hybridized carbons (Fsp3) is 0.263. The van der Waals surface area contributed by atoms with Gasteiger partial charge in [0.15, 0.2) is 11.5 Å². The summed E-state index contributed by atoms with van der Waals surface area (Å²) in [6.07, 6.45) is 0.537. The number of hydrogen-bond acceptors (Lipinski definition) is 4. The van der Waals surface area contributed by atoms with Gasteiger partial charge in [-0.05, 0) is 29.8 Å². The van der Waals surface area contributed by atoms with E-state index in [9.17, 15) is 9.59 Å². The number of nitrogens with one attached hydrogen (secondary N) is 2. The highest BCUT2D eigenvalue weighted by Crippen LogP contribution is 2.25. The minimum atomic E-state index is -0.144. The number of methoxy groups -OCH3 is 1. The van der Waals surface area contributed by atoms with Gasteiger partial charge in [0.25, 0.3) is 0 Å². The van der Waals surface area contributed by atoms with E-state index in [0.29, 0.717) is 23.6 Å². The summed E-state index contributed by atoms with van der Waals surface area (Å²) in [4.78, 5) is 23.3. The van der Waals surface area contributed by atoms with Gasteiger partial charge in [-0.1, -0.05) is 24.3 Å². The van der Waals surface area contributed by atoms with Crippen LogP contribution < -0.4 is 20.1 Å². The van der Waals surface area contributed by atoms with Crippen molar-refractivity contribution in [3.63, 3.8) is 0 Å². The van der Waals surface area contributed by atoms with Gasteiger partial charge < -0.3 is 20.1 Å². The first-order chi connectivity index (χ1) is 12.1. The van der Waals surface area contributed by atoms with Crippen LogP contribution >= 0.6 is 0 Å². The second-order valence-electron chi connectivity index (χ2n) is 5.34. The Bertz CT molecular complexity index is 714. The molecule has 0 aliphatic heterocycles. The molecule has 0 aliphatic rings. The van der Waals surface area contributed by atoms with E-state index in [-0.39, 0.29) is 24.8 Å². The molecule has 2 aromatic rings. The maximum absolute atomic E-state index is 12.0. The average molecular weight is 342 g/mol. The SMILES string of the molecule is CNC(=O)Cc1ccc(NC(=O)CCOc2ccccc2OC)cc1. The lowest BCUT2D eigenvalue weighted by Gasteiger charge is -2.10. The van der Waals surface area contributed by atoms with Gasteiger partial charge in [0.05, 0.1) is 26.6 Å². The van der Waals surface area contributed by atoms with Crippen LogP contribution in [0.3, 0.4) is 0 Å². The molecule has 6 heteroatoms. The van der Waals surface area contributed by atoms with E-state index in [1.54, 1.807) is 38.4 Å². The average Bonchev–Trinajstić information content (AvgIpc) is 2.63. The molecule has 0 spiro atoms. The number of carbonyl (C=O) groups excluding carboxylic acids is 2. The van der Waals surface area contributed by atoms with Crippen LogP contribution in [0, 0.1) is 0 Å². The van der Waals surface area contributed by atoms with Crippen LogP contribution in [0.2, 0.25) is 0 Å². The predicted octanol–water partition coefficient (Wildman–Crippen LogP) is 2.39. The summed E-state index contributed by atoms with van der Waals surface area (Å²) < 4.78 is 10.8. The lowest BCUT2D eigenvalue weighted by atomic mass is 10.1. The molecule has 0 heterocycles. The number of likely N-dealkylation sites (N-methyl/N-ethyl adjacent to an activating group) is 1. The summed E-state index contributed by atoms with van der Waals surface area (Å²) >= 11 is 0. The molecule has 0 atom stereocenters. The Labute approximate surface area is 147 Å². The molecule has 0 aliphatic carbocycles. The Balaban J connectivity index is 1.79. The summed E-state index contributed by atoms with van der Waals surface area (Å²) in [5.74, 6) is 1.05. The fourth-order valence-electron chi connectivity index (χ4n) is 2.19. The summed E-state index contributed by atoms with van der Waals surface area (Å²) in [5, 5.41) is 5.37. The molecule has 6 nitrogen and oxygen atoms in total. The van der Waals surface area contributed by atoms with Crippen LogP contribution in [0.5, 0.6) is 11.5 Å². The Morgan fingerprint density at radius 1 is 0.960 bits per heavy atom. The molecule has 132 valence electrons. The monoisotopic (exact) mass is 342 g/mol. The van der Waals surface area contributed by atoms with Gasteiger partial charge in [-0.25, -0.2) is 0 Å². The van der Waals surface area contributed by atoms with Crippen molar-refractivity contribution in [2.24, 2.45) is 0 Å². The Morgan fingerprint density at radius 3 is 2.28 bits per heavy atom. The summed E-state index contributed by atoms with van der Waals surface area (Å²) in [7, 11) is 3.17. The number of rotatable bonds is 8. The smallest absolute Gasteiger partial charge is 0.227 e. The number of hydrogen-bond donors (Lipinski definition) is 2. The molecule has 0 fully saturated rings. The highest BCUT2D eigenvalue weighted by atomic mass is 16.5. The van der Waals surface area contributed by atoms with Crippen LogP contribution in [-0.2, 0) is 16.0 Å². The van der Waals surface area contributed by atoms with Gasteiger partial charge in [0.2, 0.25) is 11.8 Å². The van der Waals surface area contributed by atoms with Crippen LogP contribution in [0.4, 0.5) is 5.69 Å². The first kappa shape index (κ1) is 18.3. The predicted molar refractivity (Wildman–Crippen MR) is 95.9 cm³/mol. The highest BCUT2D eigenvalue weighted by Gasteiger charge is 2.06. The third-order valence-electron chi connectivity index (χ3n) is 3.54. The summed E-state index contributed by atoms with van der Waals surface area (Å²) in [6.45, 7) is 0.251. The van der Waals surface area contributed by atoms with Crippen molar-refractivity contribution in [3.05, 3.63) is 54.1 Å². The van der Waals surface area contributed by atoms with Gasteiger partial charge in [-0.15, -0.1) is 0 Å². The van der Waals surface area contributed by atoms with Crippen LogP contribution in [0.15, 0.2) is 48.5 Å². The van der Waals surface area contributed by atoms with Crippen molar-refractivity contribution >= 4 is 17.5 Å². The van der Waals surface area contributed by atoms with Gasteiger partial charge >= 0.3 is 0 Å². The van der Waals surface area contributed by atoms with Crippen molar-refractivity contribution in [1.29, 1.82) is 0 Å². The van der Waals surface area contributed by atoms with E-state index in [2.05, 4.69) is 10.6 Å². The van der Waals surface area contributed by atoms with Crippen LogP contribution in [0.25, 0.3) is 0 Å². The third kappa shape index (κ3) is 5.84. The first-order valence-corrected chi connectivity index (χ1v) is 7.97. The standard InChI is InChI=1S/C19H22N2O4/c1-20-19(23)13-14-7-9-15(10-8-14)21-18(22)11-12-25-17-6-4-3-5-16(17)24-2/h3-10H,11-13H2,1-2H3,(H,20,23)(H,21,22). The molecule has 0 bridgehead atoms. The molecule has 0 radical (unpaired) electrons. The second kappa shape index (κ2) is 9.32. The fourth-order valence-corrected chi connectivity index (χ4v) is 2.19. The molecule has 2 aromatic carbocycles. The van der Waals surface area contributed by atoms with Gasteiger partial charge in [0, 0.05) is 12.7 Å². The normalized spacial score (nSPS) is 10.0. The van der Waals surface area contributed by atoms with Gasteiger partial charge in [-0.3, -0.25) is 9.59 Å². The van der Waals surface area contributed by atoms with Crippen molar-refractivity contribution in [2.75, 3.05) is 26.1 Å². The van der Waals surface area contributed by atoms with E-state index in [4.69, 9.17) is 9.47 Å². The zero-order chi connectivity index (χ0) is 18.1. The molecular formula is C19H22N2O4. The highest BCUT2D eigenvalue weighted by molar-refractivity contribution is 5.90. The lowest BCUT2D eigenvalue weighted by molar-refractivity contribution is -0.120. The minimum absolute atomic E-state index is 0.0507. The molecule has 2 N–H and O–H groups in total. The van der Waals surface area contributed by atoms with Crippen molar-refractivity contribution < 1.29 is 19.1 Å². The third-order valence-corrected chi connectivity index (χ3v) is 3.54.